The maximum absolute atomic E-state index is 11.8. The molecule has 1 fully saturated rings. The van der Waals surface area contributed by atoms with Gasteiger partial charge in [0.2, 0.25) is 5.91 Å². The number of piperazine rings is 1. The lowest BCUT2D eigenvalue weighted by Crippen LogP contribution is -2.50. The number of carbonyl (C=O) groups excluding carboxylic acids is 1. The highest BCUT2D eigenvalue weighted by molar-refractivity contribution is 7.09. The van der Waals surface area contributed by atoms with Gasteiger partial charge in [-0.2, -0.15) is 0 Å². The first-order valence-electron chi connectivity index (χ1n) is 6.45. The first-order valence-corrected chi connectivity index (χ1v) is 7.33. The van der Waals surface area contributed by atoms with Gasteiger partial charge in [0.1, 0.15) is 0 Å². The highest BCUT2D eigenvalue weighted by Gasteiger charge is 2.18. The van der Waals surface area contributed by atoms with Crippen LogP contribution in [0.4, 0.5) is 0 Å². The van der Waals surface area contributed by atoms with E-state index in [0.29, 0.717) is 12.5 Å². The van der Waals surface area contributed by atoms with E-state index in [1.165, 1.54) is 4.88 Å². The Kier molecular flexibility index (Phi) is 5.16. The van der Waals surface area contributed by atoms with Crippen LogP contribution in [0.15, 0.2) is 17.5 Å². The van der Waals surface area contributed by atoms with Gasteiger partial charge < -0.3 is 15.5 Å². The minimum Gasteiger partial charge on any atom is -0.356 e. The van der Waals surface area contributed by atoms with E-state index in [1.807, 2.05) is 6.07 Å². The second-order valence-corrected chi connectivity index (χ2v) is 5.83. The predicted molar refractivity (Wildman–Crippen MR) is 74.9 cm³/mol. The minimum atomic E-state index is 0.152. The fourth-order valence-corrected chi connectivity index (χ4v) is 2.91. The maximum atomic E-state index is 11.8. The SMILES string of the molecule is CN1CCNC(CC(=O)NCCc2cccs2)C1. The molecule has 1 aromatic heterocycles. The van der Waals surface area contributed by atoms with Gasteiger partial charge in [-0.1, -0.05) is 6.07 Å². The standard InChI is InChI=1S/C13H21N3OS/c1-16-7-6-14-11(10-16)9-13(17)15-5-4-12-3-2-8-18-12/h2-3,8,11,14H,4-7,9-10H2,1H3,(H,15,17). The van der Waals surface area contributed by atoms with Gasteiger partial charge in [0.05, 0.1) is 0 Å². The molecule has 0 aromatic carbocycles. The van der Waals surface area contributed by atoms with Crippen molar-refractivity contribution in [3.8, 4) is 0 Å². The number of rotatable bonds is 5. The van der Waals surface area contributed by atoms with Gasteiger partial charge in [-0.25, -0.2) is 0 Å². The molecule has 1 atom stereocenters. The van der Waals surface area contributed by atoms with Crippen molar-refractivity contribution < 1.29 is 4.79 Å². The van der Waals surface area contributed by atoms with Crippen molar-refractivity contribution in [2.24, 2.45) is 0 Å². The van der Waals surface area contributed by atoms with Crippen molar-refractivity contribution in [1.29, 1.82) is 0 Å². The molecule has 1 aliphatic heterocycles. The number of thiophene rings is 1. The van der Waals surface area contributed by atoms with E-state index in [2.05, 4.69) is 34.0 Å². The third-order valence-electron chi connectivity index (χ3n) is 3.16. The Balaban J connectivity index is 1.62. The molecule has 2 heterocycles. The van der Waals surface area contributed by atoms with E-state index in [9.17, 15) is 4.79 Å². The third-order valence-corrected chi connectivity index (χ3v) is 4.10. The van der Waals surface area contributed by atoms with Crippen LogP contribution >= 0.6 is 11.3 Å². The third kappa shape index (κ3) is 4.40. The lowest BCUT2D eigenvalue weighted by molar-refractivity contribution is -0.121. The molecule has 1 saturated heterocycles. The lowest BCUT2D eigenvalue weighted by Gasteiger charge is -2.30. The quantitative estimate of drug-likeness (QED) is 0.825. The smallest absolute Gasteiger partial charge is 0.221 e. The Bertz CT molecular complexity index is 366. The molecule has 0 spiro atoms. The molecule has 1 amide bonds. The zero-order valence-corrected chi connectivity index (χ0v) is 11.6. The van der Waals surface area contributed by atoms with Crippen LogP contribution < -0.4 is 10.6 Å². The average molecular weight is 267 g/mol. The molecule has 0 bridgehead atoms. The molecule has 2 rings (SSSR count). The summed E-state index contributed by atoms with van der Waals surface area (Å²) < 4.78 is 0. The molecule has 1 unspecified atom stereocenters. The number of hydrogen-bond acceptors (Lipinski definition) is 4. The van der Waals surface area contributed by atoms with Gasteiger partial charge in [0.15, 0.2) is 0 Å². The van der Waals surface area contributed by atoms with E-state index < -0.39 is 0 Å². The van der Waals surface area contributed by atoms with Crippen molar-refractivity contribution >= 4 is 17.2 Å². The van der Waals surface area contributed by atoms with Crippen molar-refractivity contribution in [1.82, 2.24) is 15.5 Å². The summed E-state index contributed by atoms with van der Waals surface area (Å²) in [7, 11) is 2.10. The average Bonchev–Trinajstić information content (AvgIpc) is 2.82. The van der Waals surface area contributed by atoms with Gasteiger partial charge in [-0.15, -0.1) is 11.3 Å². The Morgan fingerprint density at radius 3 is 3.28 bits per heavy atom. The highest BCUT2D eigenvalue weighted by Crippen LogP contribution is 2.08. The van der Waals surface area contributed by atoms with Crippen LogP contribution in [0.25, 0.3) is 0 Å². The van der Waals surface area contributed by atoms with Crippen LogP contribution in [-0.2, 0) is 11.2 Å². The van der Waals surface area contributed by atoms with Crippen molar-refractivity contribution in [2.75, 3.05) is 33.2 Å². The molecule has 4 nitrogen and oxygen atoms in total. The topological polar surface area (TPSA) is 44.4 Å². The predicted octanol–water partition coefficient (Wildman–Crippen LogP) is 0.701. The molecule has 0 aliphatic carbocycles. The summed E-state index contributed by atoms with van der Waals surface area (Å²) >= 11 is 1.74. The van der Waals surface area contributed by atoms with Crippen molar-refractivity contribution in [3.63, 3.8) is 0 Å². The van der Waals surface area contributed by atoms with Crippen LogP contribution in [0, 0.1) is 0 Å². The summed E-state index contributed by atoms with van der Waals surface area (Å²) in [6.07, 6.45) is 1.51. The Labute approximate surface area is 112 Å². The number of nitrogens with zero attached hydrogens (tertiary/aromatic N) is 1. The summed E-state index contributed by atoms with van der Waals surface area (Å²) in [5.41, 5.74) is 0. The number of carbonyl (C=O) groups is 1. The number of likely N-dealkylation sites (N-methyl/N-ethyl adjacent to an activating group) is 1. The van der Waals surface area contributed by atoms with Gasteiger partial charge in [0.25, 0.3) is 0 Å². The number of amides is 1. The van der Waals surface area contributed by atoms with E-state index in [-0.39, 0.29) is 5.91 Å². The van der Waals surface area contributed by atoms with Gasteiger partial charge in [-0.3, -0.25) is 4.79 Å². The van der Waals surface area contributed by atoms with E-state index in [4.69, 9.17) is 0 Å². The van der Waals surface area contributed by atoms with Crippen LogP contribution in [-0.4, -0.2) is 50.1 Å². The maximum Gasteiger partial charge on any atom is 0.221 e. The molecule has 18 heavy (non-hydrogen) atoms. The zero-order valence-electron chi connectivity index (χ0n) is 10.8. The minimum absolute atomic E-state index is 0.152. The van der Waals surface area contributed by atoms with Crippen molar-refractivity contribution in [2.45, 2.75) is 18.9 Å². The molecule has 1 aliphatic rings. The fourth-order valence-electron chi connectivity index (χ4n) is 2.20. The zero-order chi connectivity index (χ0) is 12.8. The highest BCUT2D eigenvalue weighted by atomic mass is 32.1. The molecular weight excluding hydrogens is 246 g/mol. The number of hydrogen-bond donors (Lipinski definition) is 2. The second kappa shape index (κ2) is 6.87. The monoisotopic (exact) mass is 267 g/mol. The first kappa shape index (κ1) is 13.5. The van der Waals surface area contributed by atoms with Crippen LogP contribution in [0.2, 0.25) is 0 Å². The fraction of sp³-hybridized carbons (Fsp3) is 0.615. The molecule has 5 heteroatoms. The molecule has 1 aromatic rings. The van der Waals surface area contributed by atoms with Gasteiger partial charge in [-0.05, 0) is 24.9 Å². The summed E-state index contributed by atoms with van der Waals surface area (Å²) in [5.74, 6) is 0.152. The van der Waals surface area contributed by atoms with Crippen molar-refractivity contribution in [3.05, 3.63) is 22.4 Å². The second-order valence-electron chi connectivity index (χ2n) is 4.80. The molecule has 2 N–H and O–H groups in total. The van der Waals surface area contributed by atoms with E-state index >= 15 is 0 Å². The van der Waals surface area contributed by atoms with Crippen LogP contribution in [0.5, 0.6) is 0 Å². The van der Waals surface area contributed by atoms with Crippen LogP contribution in [0.1, 0.15) is 11.3 Å². The lowest BCUT2D eigenvalue weighted by atomic mass is 10.1. The normalized spacial score (nSPS) is 20.8. The van der Waals surface area contributed by atoms with Crippen LogP contribution in [0.3, 0.4) is 0 Å². The number of nitrogens with one attached hydrogen (secondary N) is 2. The Morgan fingerprint density at radius 2 is 2.56 bits per heavy atom. The van der Waals surface area contributed by atoms with Gasteiger partial charge >= 0.3 is 0 Å². The summed E-state index contributed by atoms with van der Waals surface area (Å²) in [4.78, 5) is 15.4. The van der Waals surface area contributed by atoms with E-state index in [1.54, 1.807) is 11.3 Å². The molecule has 0 radical (unpaired) electrons. The first-order chi connectivity index (χ1) is 8.74. The largest absolute Gasteiger partial charge is 0.356 e. The Hall–Kier alpha value is -0.910. The summed E-state index contributed by atoms with van der Waals surface area (Å²) in [5, 5.41) is 8.44. The summed E-state index contributed by atoms with van der Waals surface area (Å²) in [6.45, 7) is 3.74. The molecule has 0 saturated carbocycles. The molecular formula is C13H21N3OS. The Morgan fingerprint density at radius 1 is 1.67 bits per heavy atom. The summed E-state index contributed by atoms with van der Waals surface area (Å²) in [6, 6.07) is 4.45. The van der Waals surface area contributed by atoms with Gasteiger partial charge in [0, 0.05) is 43.5 Å². The molecule has 100 valence electrons. The van der Waals surface area contributed by atoms with E-state index in [0.717, 1.165) is 32.6 Å².